The van der Waals surface area contributed by atoms with Crippen molar-refractivity contribution in [2.24, 2.45) is 5.92 Å². The second-order valence-corrected chi connectivity index (χ2v) is 9.49. The van der Waals surface area contributed by atoms with Gasteiger partial charge in [0.1, 0.15) is 11.8 Å². The number of nitrogens with one attached hydrogen (secondary N) is 1. The monoisotopic (exact) mass is 430 g/mol. The molecule has 0 aromatic heterocycles. The van der Waals surface area contributed by atoms with Crippen LogP contribution in [0.15, 0.2) is 59.5 Å². The predicted molar refractivity (Wildman–Crippen MR) is 117 cm³/mol. The third-order valence-corrected chi connectivity index (χ3v) is 6.91. The van der Waals surface area contributed by atoms with E-state index in [0.29, 0.717) is 37.8 Å². The van der Waals surface area contributed by atoms with E-state index in [1.807, 2.05) is 37.3 Å². The molecule has 6 nitrogen and oxygen atoms in total. The van der Waals surface area contributed by atoms with Crippen molar-refractivity contribution in [3.63, 3.8) is 0 Å². The lowest BCUT2D eigenvalue weighted by Crippen LogP contribution is -2.51. The van der Waals surface area contributed by atoms with Crippen molar-refractivity contribution < 1.29 is 17.9 Å². The smallest absolute Gasteiger partial charge is 0.241 e. The minimum atomic E-state index is -3.86. The molecule has 30 heavy (non-hydrogen) atoms. The van der Waals surface area contributed by atoms with Gasteiger partial charge in [0, 0.05) is 13.1 Å². The Hall–Kier alpha value is -2.38. The molecule has 2 aromatic carbocycles. The molecule has 2 aromatic rings. The van der Waals surface area contributed by atoms with E-state index in [1.54, 1.807) is 17.0 Å². The number of benzene rings is 2. The first kappa shape index (κ1) is 22.3. The number of nitrogens with zero attached hydrogens (tertiary/aromatic N) is 1. The van der Waals surface area contributed by atoms with E-state index < -0.39 is 16.1 Å². The number of rotatable bonds is 8. The van der Waals surface area contributed by atoms with Crippen LogP contribution in [0.25, 0.3) is 0 Å². The van der Waals surface area contributed by atoms with E-state index >= 15 is 0 Å². The van der Waals surface area contributed by atoms with Crippen LogP contribution < -0.4 is 9.46 Å². The van der Waals surface area contributed by atoms with Crippen molar-refractivity contribution >= 4 is 15.9 Å². The largest absolute Gasteiger partial charge is 0.494 e. The molecule has 1 amide bonds. The molecular formula is C23H30N2O4S. The average molecular weight is 431 g/mol. The van der Waals surface area contributed by atoms with Crippen LogP contribution in [0.5, 0.6) is 5.75 Å². The second kappa shape index (κ2) is 10.1. The average Bonchev–Trinajstić information content (AvgIpc) is 2.74. The molecule has 1 N–H and O–H groups in total. The van der Waals surface area contributed by atoms with Gasteiger partial charge in [-0.2, -0.15) is 4.72 Å². The van der Waals surface area contributed by atoms with Crippen molar-refractivity contribution in [1.29, 1.82) is 0 Å². The Balaban J connectivity index is 1.80. The molecule has 1 saturated heterocycles. The maximum atomic E-state index is 13.2. The molecule has 0 spiro atoms. The molecule has 1 aliphatic rings. The number of piperidine rings is 1. The maximum Gasteiger partial charge on any atom is 0.241 e. The summed E-state index contributed by atoms with van der Waals surface area (Å²) < 4.78 is 34.1. The highest BCUT2D eigenvalue weighted by atomic mass is 32.2. The van der Waals surface area contributed by atoms with Gasteiger partial charge in [0.25, 0.3) is 0 Å². The Morgan fingerprint density at radius 3 is 2.33 bits per heavy atom. The van der Waals surface area contributed by atoms with Crippen LogP contribution in [0.4, 0.5) is 0 Å². The number of sulfonamides is 1. The zero-order valence-corrected chi connectivity index (χ0v) is 18.4. The van der Waals surface area contributed by atoms with E-state index in [-0.39, 0.29) is 10.8 Å². The molecule has 7 heteroatoms. The van der Waals surface area contributed by atoms with Crippen LogP contribution in [0, 0.1) is 5.92 Å². The maximum absolute atomic E-state index is 13.2. The van der Waals surface area contributed by atoms with Gasteiger partial charge in [-0.05, 0) is 61.9 Å². The molecule has 0 bridgehead atoms. The Labute approximate surface area is 179 Å². The van der Waals surface area contributed by atoms with E-state index in [0.717, 1.165) is 18.4 Å². The minimum Gasteiger partial charge on any atom is -0.494 e. The fourth-order valence-electron chi connectivity index (χ4n) is 3.62. The van der Waals surface area contributed by atoms with E-state index in [9.17, 15) is 13.2 Å². The molecular weight excluding hydrogens is 400 g/mol. The summed E-state index contributed by atoms with van der Waals surface area (Å²) in [6.45, 7) is 5.88. The molecule has 0 unspecified atom stereocenters. The lowest BCUT2D eigenvalue weighted by atomic mass is 9.98. The van der Waals surface area contributed by atoms with Gasteiger partial charge in [-0.25, -0.2) is 8.42 Å². The second-order valence-electron chi connectivity index (χ2n) is 7.78. The summed E-state index contributed by atoms with van der Waals surface area (Å²) in [6.07, 6.45) is 2.19. The summed E-state index contributed by atoms with van der Waals surface area (Å²) >= 11 is 0. The van der Waals surface area contributed by atoms with Crippen LogP contribution >= 0.6 is 0 Å². The first-order valence-electron chi connectivity index (χ1n) is 10.5. The van der Waals surface area contributed by atoms with Crippen molar-refractivity contribution in [1.82, 2.24) is 9.62 Å². The van der Waals surface area contributed by atoms with Crippen LogP contribution in [-0.4, -0.2) is 45.0 Å². The Morgan fingerprint density at radius 1 is 1.10 bits per heavy atom. The van der Waals surface area contributed by atoms with Crippen molar-refractivity contribution in [2.45, 2.75) is 44.0 Å². The predicted octanol–water partition coefficient (Wildman–Crippen LogP) is 3.23. The number of ether oxygens (including phenoxy) is 1. The van der Waals surface area contributed by atoms with E-state index in [4.69, 9.17) is 4.74 Å². The molecule has 1 atom stereocenters. The normalized spacial score (nSPS) is 16.3. The van der Waals surface area contributed by atoms with Crippen molar-refractivity contribution in [3.05, 3.63) is 60.2 Å². The topological polar surface area (TPSA) is 75.7 Å². The minimum absolute atomic E-state index is 0.115. The highest BCUT2D eigenvalue weighted by Gasteiger charge is 2.31. The van der Waals surface area contributed by atoms with Gasteiger partial charge in [0.15, 0.2) is 0 Å². The Morgan fingerprint density at radius 2 is 1.73 bits per heavy atom. The molecule has 3 rings (SSSR count). The summed E-state index contributed by atoms with van der Waals surface area (Å²) in [4.78, 5) is 15.1. The summed E-state index contributed by atoms with van der Waals surface area (Å²) in [6, 6.07) is 14.9. The third kappa shape index (κ3) is 5.83. The van der Waals surface area contributed by atoms with Gasteiger partial charge in [-0.3, -0.25) is 4.79 Å². The first-order chi connectivity index (χ1) is 14.4. The number of hydrogen-bond acceptors (Lipinski definition) is 4. The molecule has 162 valence electrons. The molecule has 1 heterocycles. The number of amides is 1. The van der Waals surface area contributed by atoms with Crippen LogP contribution in [0.3, 0.4) is 0 Å². The lowest BCUT2D eigenvalue weighted by Gasteiger charge is -2.33. The van der Waals surface area contributed by atoms with Crippen LogP contribution in [-0.2, 0) is 21.2 Å². The number of likely N-dealkylation sites (tertiary alicyclic amines) is 1. The number of carbonyl (C=O) groups excluding carboxylic acids is 1. The Bertz CT molecular complexity index is 921. The van der Waals surface area contributed by atoms with Gasteiger partial charge in [-0.1, -0.05) is 37.3 Å². The van der Waals surface area contributed by atoms with E-state index in [2.05, 4.69) is 11.6 Å². The molecule has 1 fully saturated rings. The van der Waals surface area contributed by atoms with Gasteiger partial charge in [0.05, 0.1) is 11.5 Å². The fraction of sp³-hybridized carbons (Fsp3) is 0.435. The van der Waals surface area contributed by atoms with Gasteiger partial charge < -0.3 is 9.64 Å². The van der Waals surface area contributed by atoms with E-state index in [1.165, 1.54) is 12.1 Å². The third-order valence-electron chi connectivity index (χ3n) is 5.42. The standard InChI is InChI=1S/C23H30N2O4S/c1-3-29-20-9-11-21(12-10-20)30(27,28)24-22(17-19-7-5-4-6-8-19)23(26)25-15-13-18(2)14-16-25/h4-12,18,22,24H,3,13-17H2,1-2H3/t22-/m1/s1. The zero-order chi connectivity index (χ0) is 21.6. The van der Waals surface area contributed by atoms with Gasteiger partial charge in [-0.15, -0.1) is 0 Å². The SMILES string of the molecule is CCOc1ccc(S(=O)(=O)N[C@H](Cc2ccccc2)C(=O)N2CCC(C)CC2)cc1. The summed E-state index contributed by atoms with van der Waals surface area (Å²) in [5.41, 5.74) is 0.913. The molecule has 0 saturated carbocycles. The number of hydrogen-bond donors (Lipinski definition) is 1. The fourth-order valence-corrected chi connectivity index (χ4v) is 4.80. The molecule has 0 aliphatic carbocycles. The summed E-state index contributed by atoms with van der Waals surface area (Å²) in [5, 5.41) is 0. The lowest BCUT2D eigenvalue weighted by molar-refractivity contribution is -0.134. The Kier molecular flexibility index (Phi) is 7.50. The molecule has 0 radical (unpaired) electrons. The van der Waals surface area contributed by atoms with Crippen molar-refractivity contribution in [2.75, 3.05) is 19.7 Å². The highest BCUT2D eigenvalue weighted by Crippen LogP contribution is 2.20. The van der Waals surface area contributed by atoms with Crippen LogP contribution in [0.2, 0.25) is 0 Å². The van der Waals surface area contributed by atoms with Gasteiger partial charge >= 0.3 is 0 Å². The number of carbonyl (C=O) groups is 1. The van der Waals surface area contributed by atoms with Gasteiger partial charge in [0.2, 0.25) is 15.9 Å². The summed E-state index contributed by atoms with van der Waals surface area (Å²) in [5.74, 6) is 1.03. The quantitative estimate of drug-likeness (QED) is 0.698. The van der Waals surface area contributed by atoms with Crippen molar-refractivity contribution in [3.8, 4) is 5.75 Å². The highest BCUT2D eigenvalue weighted by molar-refractivity contribution is 7.89. The zero-order valence-electron chi connectivity index (χ0n) is 17.6. The summed E-state index contributed by atoms with van der Waals surface area (Å²) in [7, 11) is -3.86. The van der Waals surface area contributed by atoms with Crippen LogP contribution in [0.1, 0.15) is 32.3 Å². The molecule has 1 aliphatic heterocycles. The first-order valence-corrected chi connectivity index (χ1v) is 11.9.